The van der Waals surface area contributed by atoms with Crippen LogP contribution >= 0.6 is 7.82 Å². The van der Waals surface area contributed by atoms with Gasteiger partial charge in [0, 0.05) is 30.1 Å². The van der Waals surface area contributed by atoms with Gasteiger partial charge in [-0.3, -0.25) is 9.32 Å². The summed E-state index contributed by atoms with van der Waals surface area (Å²) < 4.78 is 47.5. The Kier molecular flexibility index (Phi) is 6.93. The number of amides is 1. The Morgan fingerprint density at radius 3 is 2.59 bits per heavy atom. The van der Waals surface area contributed by atoms with Crippen molar-refractivity contribution < 1.29 is 37.2 Å². The zero-order valence-electron chi connectivity index (χ0n) is 20.8. The molecule has 1 aliphatic heterocycles. The van der Waals surface area contributed by atoms with E-state index in [0.29, 0.717) is 24.4 Å². The van der Waals surface area contributed by atoms with Crippen molar-refractivity contribution in [2.75, 3.05) is 0 Å². The first-order chi connectivity index (χ1) is 18.4. The number of nitrogens with zero attached hydrogens (tertiary/aromatic N) is 4. The van der Waals surface area contributed by atoms with E-state index in [0.717, 1.165) is 16.6 Å². The number of rotatable bonds is 8. The number of benzene rings is 2. The summed E-state index contributed by atoms with van der Waals surface area (Å²) in [6.45, 7) is 0.552. The first-order valence-electron chi connectivity index (χ1n) is 11.8. The Hall–Kier alpha value is -3.77. The number of fused-ring (bicyclic) bond motifs is 3. The van der Waals surface area contributed by atoms with E-state index in [2.05, 4.69) is 20.0 Å². The molecule has 0 aliphatic carbocycles. The van der Waals surface area contributed by atoms with E-state index in [4.69, 9.17) is 19.3 Å². The van der Waals surface area contributed by atoms with Crippen LogP contribution in [-0.2, 0) is 21.2 Å². The molecule has 14 heteroatoms. The average Bonchev–Trinajstić information content (AvgIpc) is 3.42. The average molecular weight is 559 g/mol. The Bertz CT molecular complexity index is 1590. The molecular weight excluding hydrogens is 535 g/mol. The molecule has 0 spiro atoms. The summed E-state index contributed by atoms with van der Waals surface area (Å²) in [5.41, 5.74) is 1.85. The topological polar surface area (TPSA) is 149 Å². The number of ether oxygens (including phenoxy) is 1. The third-order valence-corrected chi connectivity index (χ3v) is 6.92. The molecule has 1 atom stereocenters. The van der Waals surface area contributed by atoms with Crippen molar-refractivity contribution in [2.45, 2.75) is 45.1 Å². The van der Waals surface area contributed by atoms with Gasteiger partial charge in [0.1, 0.15) is 17.2 Å². The summed E-state index contributed by atoms with van der Waals surface area (Å²) in [7, 11) is -4.74. The Labute approximate surface area is 221 Å². The minimum atomic E-state index is -4.74. The fourth-order valence-electron chi connectivity index (χ4n) is 4.53. The molecule has 1 amide bonds. The number of aryl methyl sites for hydroxylation is 1. The molecule has 0 fully saturated rings. The first kappa shape index (κ1) is 26.8. The molecule has 2 aromatic carbocycles. The number of alkyl halides is 2. The zero-order valence-corrected chi connectivity index (χ0v) is 21.7. The molecule has 2 aromatic heterocycles. The molecular formula is C25H24F2N5O6P. The van der Waals surface area contributed by atoms with Gasteiger partial charge < -0.3 is 24.4 Å². The van der Waals surface area contributed by atoms with Crippen LogP contribution in [0.2, 0.25) is 0 Å². The highest BCUT2D eigenvalue weighted by Gasteiger charge is 2.33. The molecule has 0 saturated carbocycles. The van der Waals surface area contributed by atoms with Crippen LogP contribution in [0, 0.1) is 0 Å². The lowest BCUT2D eigenvalue weighted by molar-refractivity contribution is -0.0499. The minimum absolute atomic E-state index is 0.0984. The maximum absolute atomic E-state index is 12.8. The van der Waals surface area contributed by atoms with Gasteiger partial charge in [0.05, 0.1) is 17.1 Å². The standard InChI is InChI=1S/C25H24F2N5O6P/c1-25(2,38-39(34,35)36)23-28-12-16(13-29-23)14-6-7-18-20(11-14)32-9-8-19(21(32)30-18)31-22(33)15-4-3-5-17(10-15)37-24(26)27/h3-7,10-13,19,24H,8-9H2,1-2H3,(H,31,33)(H2,34,35,36)/t19-/m1/s1. The molecule has 39 heavy (non-hydrogen) atoms. The highest BCUT2D eigenvalue weighted by molar-refractivity contribution is 7.46. The van der Waals surface area contributed by atoms with E-state index < -0.39 is 25.9 Å². The number of aromatic nitrogens is 4. The van der Waals surface area contributed by atoms with Gasteiger partial charge in [-0.2, -0.15) is 8.78 Å². The second-order valence-electron chi connectivity index (χ2n) is 9.43. The van der Waals surface area contributed by atoms with Crippen LogP contribution in [0.3, 0.4) is 0 Å². The summed E-state index contributed by atoms with van der Waals surface area (Å²) >= 11 is 0. The number of phosphoric ester groups is 1. The fraction of sp³-hybridized carbons (Fsp3) is 0.280. The van der Waals surface area contributed by atoms with Crippen molar-refractivity contribution >= 4 is 24.8 Å². The van der Waals surface area contributed by atoms with Crippen molar-refractivity contribution in [1.82, 2.24) is 24.8 Å². The summed E-state index contributed by atoms with van der Waals surface area (Å²) in [6, 6.07) is 10.9. The number of carbonyl (C=O) groups is 1. The molecule has 5 rings (SSSR count). The maximum atomic E-state index is 12.8. The van der Waals surface area contributed by atoms with Gasteiger partial charge in [-0.15, -0.1) is 0 Å². The van der Waals surface area contributed by atoms with Gasteiger partial charge in [0.25, 0.3) is 5.91 Å². The molecule has 1 aliphatic rings. The monoisotopic (exact) mass is 559 g/mol. The second kappa shape index (κ2) is 10.1. The van der Waals surface area contributed by atoms with Crippen LogP contribution in [0.25, 0.3) is 22.2 Å². The van der Waals surface area contributed by atoms with Crippen molar-refractivity contribution in [3.63, 3.8) is 0 Å². The number of halogens is 2. The lowest BCUT2D eigenvalue weighted by Crippen LogP contribution is -2.27. The van der Waals surface area contributed by atoms with Crippen LogP contribution in [0.4, 0.5) is 8.78 Å². The van der Waals surface area contributed by atoms with Crippen LogP contribution in [0.5, 0.6) is 5.75 Å². The van der Waals surface area contributed by atoms with Crippen molar-refractivity contribution in [3.05, 3.63) is 72.1 Å². The molecule has 0 bridgehead atoms. The van der Waals surface area contributed by atoms with Crippen LogP contribution in [0.1, 0.15) is 48.3 Å². The van der Waals surface area contributed by atoms with E-state index in [1.807, 2.05) is 22.8 Å². The van der Waals surface area contributed by atoms with E-state index in [1.54, 1.807) is 12.4 Å². The molecule has 3 heterocycles. The molecule has 0 saturated heterocycles. The smallest absolute Gasteiger partial charge is 0.435 e. The second-order valence-corrected chi connectivity index (χ2v) is 10.6. The molecule has 0 unspecified atom stereocenters. The largest absolute Gasteiger partial charge is 0.470 e. The third-order valence-electron chi connectivity index (χ3n) is 6.23. The Balaban J connectivity index is 1.36. The van der Waals surface area contributed by atoms with E-state index >= 15 is 0 Å². The number of imidazole rings is 1. The van der Waals surface area contributed by atoms with E-state index in [1.165, 1.54) is 38.1 Å². The number of hydrogen-bond acceptors (Lipinski definition) is 7. The van der Waals surface area contributed by atoms with Gasteiger partial charge in [-0.1, -0.05) is 12.1 Å². The predicted octanol–water partition coefficient (Wildman–Crippen LogP) is 4.31. The van der Waals surface area contributed by atoms with Gasteiger partial charge in [0.15, 0.2) is 5.82 Å². The Morgan fingerprint density at radius 2 is 1.90 bits per heavy atom. The lowest BCUT2D eigenvalue weighted by atomic mass is 10.1. The number of phosphoric acid groups is 1. The SMILES string of the molecule is CC(C)(OP(=O)(O)O)c1ncc(-c2ccc3nc4n(c3c2)CC[C@H]4NC(=O)c2cccc(OC(F)F)c2)cn1. The van der Waals surface area contributed by atoms with Crippen molar-refractivity contribution in [1.29, 1.82) is 0 Å². The number of carbonyl (C=O) groups excluding carboxylic acids is 1. The van der Waals surface area contributed by atoms with Crippen molar-refractivity contribution in [3.8, 4) is 16.9 Å². The summed E-state index contributed by atoms with van der Waals surface area (Å²) in [4.78, 5) is 44.3. The van der Waals surface area contributed by atoms with E-state index in [-0.39, 0.29) is 23.2 Å². The molecule has 4 aromatic rings. The molecule has 204 valence electrons. The first-order valence-corrected chi connectivity index (χ1v) is 13.4. The number of nitrogens with one attached hydrogen (secondary N) is 1. The lowest BCUT2D eigenvalue weighted by Gasteiger charge is -2.23. The fourth-order valence-corrected chi connectivity index (χ4v) is 5.20. The van der Waals surface area contributed by atoms with Crippen molar-refractivity contribution in [2.24, 2.45) is 0 Å². The predicted molar refractivity (Wildman–Crippen MR) is 135 cm³/mol. The molecule has 0 radical (unpaired) electrons. The van der Waals surface area contributed by atoms with Gasteiger partial charge in [-0.25, -0.2) is 19.5 Å². The van der Waals surface area contributed by atoms with Gasteiger partial charge in [-0.05, 0) is 56.2 Å². The highest BCUT2D eigenvalue weighted by atomic mass is 31.2. The van der Waals surface area contributed by atoms with Crippen LogP contribution < -0.4 is 10.1 Å². The van der Waals surface area contributed by atoms with Crippen LogP contribution in [-0.4, -0.2) is 41.8 Å². The van der Waals surface area contributed by atoms with E-state index in [9.17, 15) is 18.1 Å². The highest BCUT2D eigenvalue weighted by Crippen LogP contribution is 2.44. The normalized spacial score (nSPS) is 15.5. The zero-order chi connectivity index (χ0) is 27.9. The minimum Gasteiger partial charge on any atom is -0.435 e. The maximum Gasteiger partial charge on any atom is 0.470 e. The summed E-state index contributed by atoms with van der Waals surface area (Å²) in [6.07, 6.45) is 3.70. The summed E-state index contributed by atoms with van der Waals surface area (Å²) in [5.74, 6) is 0.270. The summed E-state index contributed by atoms with van der Waals surface area (Å²) in [5, 5.41) is 2.92. The molecule has 3 N–H and O–H groups in total. The third kappa shape index (κ3) is 5.81. The molecule has 11 nitrogen and oxygen atoms in total. The van der Waals surface area contributed by atoms with Crippen LogP contribution in [0.15, 0.2) is 54.9 Å². The quantitative estimate of drug-likeness (QED) is 0.269. The number of hydrogen-bond donors (Lipinski definition) is 3. The van der Waals surface area contributed by atoms with Gasteiger partial charge in [0.2, 0.25) is 0 Å². The Morgan fingerprint density at radius 1 is 1.15 bits per heavy atom. The van der Waals surface area contributed by atoms with Gasteiger partial charge >= 0.3 is 14.4 Å².